The second-order valence-electron chi connectivity index (χ2n) is 4.07. The molecule has 94 valence electrons. The summed E-state index contributed by atoms with van der Waals surface area (Å²) in [4.78, 5) is 11.6. The van der Waals surface area contributed by atoms with Crippen LogP contribution < -0.4 is 10.6 Å². The monoisotopic (exact) mass is 250 g/mol. The molecule has 1 fully saturated rings. The molecular formula is C9H18N2O4S. The van der Waals surface area contributed by atoms with Crippen molar-refractivity contribution >= 4 is 15.7 Å². The van der Waals surface area contributed by atoms with E-state index in [-0.39, 0.29) is 11.7 Å². The highest BCUT2D eigenvalue weighted by Gasteiger charge is 2.23. The Bertz CT molecular complexity index is 335. The molecule has 1 rings (SSSR count). The lowest BCUT2D eigenvalue weighted by Crippen LogP contribution is -2.50. The van der Waals surface area contributed by atoms with Crippen LogP contribution in [-0.2, 0) is 19.4 Å². The number of morpholine rings is 1. The van der Waals surface area contributed by atoms with Crippen LogP contribution in [0.2, 0.25) is 0 Å². The summed E-state index contributed by atoms with van der Waals surface area (Å²) in [6.07, 6.45) is 0.629. The summed E-state index contributed by atoms with van der Waals surface area (Å²) in [5.41, 5.74) is 0. The van der Waals surface area contributed by atoms with Crippen molar-refractivity contribution < 1.29 is 17.9 Å². The highest BCUT2D eigenvalue weighted by molar-refractivity contribution is 7.90. The van der Waals surface area contributed by atoms with E-state index in [0.717, 1.165) is 12.8 Å². The van der Waals surface area contributed by atoms with Crippen molar-refractivity contribution in [1.29, 1.82) is 0 Å². The van der Waals surface area contributed by atoms with Gasteiger partial charge in [0.2, 0.25) is 0 Å². The Balaban J connectivity index is 2.38. The average molecular weight is 250 g/mol. The number of nitrogens with one attached hydrogen (secondary N) is 2. The van der Waals surface area contributed by atoms with Crippen molar-refractivity contribution in [3.8, 4) is 0 Å². The first-order valence-electron chi connectivity index (χ1n) is 5.19. The van der Waals surface area contributed by atoms with Crippen LogP contribution in [0.1, 0.15) is 6.92 Å². The Morgan fingerprint density at radius 2 is 2.31 bits per heavy atom. The molecule has 1 heterocycles. The van der Waals surface area contributed by atoms with Crippen LogP contribution in [0.3, 0.4) is 0 Å². The minimum Gasteiger partial charge on any atom is -0.366 e. The van der Waals surface area contributed by atoms with E-state index >= 15 is 0 Å². The molecule has 0 radical (unpaired) electrons. The van der Waals surface area contributed by atoms with E-state index in [1.807, 2.05) is 0 Å². The molecule has 0 saturated carbocycles. The van der Waals surface area contributed by atoms with Gasteiger partial charge in [0.05, 0.1) is 12.4 Å². The van der Waals surface area contributed by atoms with Crippen molar-refractivity contribution in [3.63, 3.8) is 0 Å². The first-order chi connectivity index (χ1) is 7.38. The van der Waals surface area contributed by atoms with Gasteiger partial charge in [-0.05, 0) is 6.92 Å². The third-order valence-corrected chi connectivity index (χ3v) is 3.27. The van der Waals surface area contributed by atoms with Crippen LogP contribution >= 0.6 is 0 Å². The maximum absolute atomic E-state index is 11.6. The molecule has 16 heavy (non-hydrogen) atoms. The zero-order valence-corrected chi connectivity index (χ0v) is 10.3. The number of ether oxygens (including phenoxy) is 1. The second-order valence-corrected chi connectivity index (χ2v) is 6.25. The van der Waals surface area contributed by atoms with E-state index in [1.165, 1.54) is 0 Å². The second kappa shape index (κ2) is 5.60. The molecule has 1 aliphatic heterocycles. The van der Waals surface area contributed by atoms with Crippen LogP contribution in [0, 0.1) is 0 Å². The Morgan fingerprint density at radius 1 is 1.62 bits per heavy atom. The molecule has 1 aliphatic rings. The van der Waals surface area contributed by atoms with Gasteiger partial charge in [0.25, 0.3) is 5.91 Å². The fourth-order valence-corrected chi connectivity index (χ4v) is 2.56. The normalized spacial score (nSPS) is 23.8. The number of sulfone groups is 1. The van der Waals surface area contributed by atoms with Gasteiger partial charge in [-0.1, -0.05) is 0 Å². The number of rotatable bonds is 4. The van der Waals surface area contributed by atoms with E-state index in [1.54, 1.807) is 6.92 Å². The summed E-state index contributed by atoms with van der Waals surface area (Å²) in [7, 11) is -3.07. The van der Waals surface area contributed by atoms with Gasteiger partial charge in [0, 0.05) is 25.4 Å². The van der Waals surface area contributed by atoms with E-state index in [4.69, 9.17) is 4.74 Å². The van der Waals surface area contributed by atoms with Gasteiger partial charge in [-0.15, -0.1) is 0 Å². The van der Waals surface area contributed by atoms with Crippen molar-refractivity contribution in [3.05, 3.63) is 0 Å². The fraction of sp³-hybridized carbons (Fsp3) is 0.889. The van der Waals surface area contributed by atoms with Crippen LogP contribution in [0.15, 0.2) is 0 Å². The summed E-state index contributed by atoms with van der Waals surface area (Å²) in [6.45, 7) is 3.37. The average Bonchev–Trinajstić information content (AvgIpc) is 2.16. The molecule has 2 atom stereocenters. The maximum atomic E-state index is 11.6. The number of carbonyl (C=O) groups is 1. The van der Waals surface area contributed by atoms with Crippen molar-refractivity contribution in [2.75, 3.05) is 31.7 Å². The van der Waals surface area contributed by atoms with E-state index in [9.17, 15) is 13.2 Å². The van der Waals surface area contributed by atoms with Gasteiger partial charge in [-0.3, -0.25) is 4.79 Å². The standard InChI is InChI=1S/C9H18N2O4S/c1-7(6-16(2,13)14)11-9(12)8-5-10-3-4-15-8/h7-8,10H,3-6H2,1-2H3,(H,11,12). The lowest BCUT2D eigenvalue weighted by Gasteiger charge is -2.24. The summed E-state index contributed by atoms with van der Waals surface area (Å²) in [6, 6.07) is -0.395. The minimum atomic E-state index is -3.07. The van der Waals surface area contributed by atoms with Gasteiger partial charge in [-0.2, -0.15) is 0 Å². The SMILES string of the molecule is CC(CS(C)(=O)=O)NC(=O)C1CNCCO1. The predicted molar refractivity (Wildman–Crippen MR) is 59.9 cm³/mol. The predicted octanol–water partition coefficient (Wildman–Crippen LogP) is -1.48. The van der Waals surface area contributed by atoms with E-state index in [0.29, 0.717) is 13.2 Å². The molecule has 0 spiro atoms. The Hall–Kier alpha value is -0.660. The fourth-order valence-electron chi connectivity index (χ4n) is 1.57. The Labute approximate surface area is 95.7 Å². The van der Waals surface area contributed by atoms with Crippen molar-refractivity contribution in [2.24, 2.45) is 0 Å². The summed E-state index contributed by atoms with van der Waals surface area (Å²) < 4.78 is 27.3. The van der Waals surface area contributed by atoms with Gasteiger partial charge in [-0.25, -0.2) is 8.42 Å². The molecule has 0 aromatic carbocycles. The molecule has 1 saturated heterocycles. The van der Waals surface area contributed by atoms with Gasteiger partial charge in [0.15, 0.2) is 0 Å². The van der Waals surface area contributed by atoms with Crippen LogP contribution in [0.5, 0.6) is 0 Å². The lowest BCUT2D eigenvalue weighted by molar-refractivity contribution is -0.134. The Morgan fingerprint density at radius 3 is 2.81 bits per heavy atom. The smallest absolute Gasteiger partial charge is 0.250 e. The largest absolute Gasteiger partial charge is 0.366 e. The number of hydrogen-bond donors (Lipinski definition) is 2. The molecule has 1 amide bonds. The molecule has 0 aromatic heterocycles. The summed E-state index contributed by atoms with van der Waals surface area (Å²) in [5.74, 6) is -0.317. The quantitative estimate of drug-likeness (QED) is 0.636. The third kappa shape index (κ3) is 4.91. The zero-order chi connectivity index (χ0) is 12.2. The molecule has 2 N–H and O–H groups in total. The highest BCUT2D eigenvalue weighted by atomic mass is 32.2. The van der Waals surface area contributed by atoms with E-state index < -0.39 is 22.0 Å². The van der Waals surface area contributed by atoms with Crippen LogP contribution in [0.4, 0.5) is 0 Å². The van der Waals surface area contributed by atoms with Gasteiger partial charge >= 0.3 is 0 Å². The first-order valence-corrected chi connectivity index (χ1v) is 7.25. The zero-order valence-electron chi connectivity index (χ0n) is 9.52. The summed E-state index contributed by atoms with van der Waals surface area (Å²) in [5, 5.41) is 5.66. The van der Waals surface area contributed by atoms with Crippen molar-refractivity contribution in [1.82, 2.24) is 10.6 Å². The molecule has 2 unspecified atom stereocenters. The molecule has 0 aliphatic carbocycles. The number of amides is 1. The number of hydrogen-bond acceptors (Lipinski definition) is 5. The third-order valence-electron chi connectivity index (χ3n) is 2.16. The van der Waals surface area contributed by atoms with Gasteiger partial charge < -0.3 is 15.4 Å². The first kappa shape index (κ1) is 13.4. The van der Waals surface area contributed by atoms with Crippen LogP contribution in [-0.4, -0.2) is 58.2 Å². The minimum absolute atomic E-state index is 0.0567. The van der Waals surface area contributed by atoms with Gasteiger partial charge in [0.1, 0.15) is 15.9 Å². The molecule has 6 nitrogen and oxygen atoms in total. The molecular weight excluding hydrogens is 232 g/mol. The molecule has 0 aromatic rings. The van der Waals surface area contributed by atoms with Crippen LogP contribution in [0.25, 0.3) is 0 Å². The molecule has 7 heteroatoms. The topological polar surface area (TPSA) is 84.5 Å². The van der Waals surface area contributed by atoms with E-state index in [2.05, 4.69) is 10.6 Å². The Kier molecular flexibility index (Phi) is 4.69. The summed E-state index contributed by atoms with van der Waals surface area (Å²) >= 11 is 0. The maximum Gasteiger partial charge on any atom is 0.250 e. The lowest BCUT2D eigenvalue weighted by atomic mass is 10.2. The highest BCUT2D eigenvalue weighted by Crippen LogP contribution is 1.98. The van der Waals surface area contributed by atoms with Crippen molar-refractivity contribution in [2.45, 2.75) is 19.1 Å². The molecule has 0 bridgehead atoms. The number of carbonyl (C=O) groups excluding carboxylic acids is 1.